The standard InChI is InChI=1S/C74H53F2N5/c75-56-30-34-67(35-31-56)80(73-28-14-18-54-16-10-12-26-71(54)73)69-50-46-65(47-51-69)78(59-22-6-2-7-23-59)63-42-38-61(39-43-63)77(58-20-4-1-5-21-58)62-40-44-64(45-41-62)79(60-24-8-3-9-25-60)66-48-52-70(53-49-66)81(68-36-32-57(76)33-37-68)74-29-15-19-55-17-11-13-27-72(55)74/h1-53H. The van der Waals surface area contributed by atoms with E-state index in [9.17, 15) is 8.78 Å². The van der Waals surface area contributed by atoms with Crippen molar-refractivity contribution in [3.63, 3.8) is 0 Å². The highest BCUT2D eigenvalue weighted by molar-refractivity contribution is 6.00. The molecular formula is C74H53F2N5. The van der Waals surface area contributed by atoms with Gasteiger partial charge in [-0.3, -0.25) is 0 Å². The van der Waals surface area contributed by atoms with Gasteiger partial charge in [0.25, 0.3) is 0 Å². The topological polar surface area (TPSA) is 16.2 Å². The largest absolute Gasteiger partial charge is 0.311 e. The van der Waals surface area contributed by atoms with E-state index in [-0.39, 0.29) is 11.6 Å². The van der Waals surface area contributed by atoms with Crippen LogP contribution in [0, 0.1) is 11.6 Å². The summed E-state index contributed by atoms with van der Waals surface area (Å²) in [5.41, 5.74) is 14.6. The van der Waals surface area contributed by atoms with Crippen molar-refractivity contribution in [2.45, 2.75) is 0 Å². The Balaban J connectivity index is 0.830. The van der Waals surface area contributed by atoms with Crippen LogP contribution in [-0.2, 0) is 0 Å². The van der Waals surface area contributed by atoms with Gasteiger partial charge in [-0.05, 0) is 205 Å². The lowest BCUT2D eigenvalue weighted by Gasteiger charge is -2.30. The van der Waals surface area contributed by atoms with E-state index in [1.807, 2.05) is 54.6 Å². The van der Waals surface area contributed by atoms with Gasteiger partial charge in [0.1, 0.15) is 11.6 Å². The van der Waals surface area contributed by atoms with Crippen molar-refractivity contribution >= 4 is 107 Å². The Kier molecular flexibility index (Phi) is 13.7. The molecule has 0 radical (unpaired) electrons. The van der Waals surface area contributed by atoms with Gasteiger partial charge in [-0.15, -0.1) is 0 Å². The van der Waals surface area contributed by atoms with Gasteiger partial charge in [0.2, 0.25) is 0 Å². The Bertz CT molecular complexity index is 3950. The minimum atomic E-state index is -0.280. The van der Waals surface area contributed by atoms with Gasteiger partial charge in [-0.2, -0.15) is 0 Å². The van der Waals surface area contributed by atoms with Crippen molar-refractivity contribution in [1.82, 2.24) is 0 Å². The number of hydrogen-bond donors (Lipinski definition) is 0. The maximum absolute atomic E-state index is 14.4. The molecule has 0 bridgehead atoms. The first-order valence-corrected chi connectivity index (χ1v) is 27.0. The van der Waals surface area contributed by atoms with E-state index in [1.54, 1.807) is 0 Å². The van der Waals surface area contributed by atoms with Gasteiger partial charge < -0.3 is 24.5 Å². The number of anilines is 15. The molecule has 0 amide bonds. The Labute approximate surface area is 470 Å². The van der Waals surface area contributed by atoms with E-state index in [0.717, 1.165) is 107 Å². The highest BCUT2D eigenvalue weighted by Gasteiger charge is 2.22. The number of nitrogens with zero attached hydrogens (tertiary/aromatic N) is 5. The van der Waals surface area contributed by atoms with E-state index >= 15 is 0 Å². The van der Waals surface area contributed by atoms with Crippen molar-refractivity contribution < 1.29 is 8.78 Å². The molecule has 5 nitrogen and oxygen atoms in total. The van der Waals surface area contributed by atoms with Crippen LogP contribution in [0.25, 0.3) is 21.5 Å². The summed E-state index contributed by atoms with van der Waals surface area (Å²) >= 11 is 0. The third-order valence-electron chi connectivity index (χ3n) is 14.7. The van der Waals surface area contributed by atoms with Crippen LogP contribution in [0.4, 0.5) is 94.1 Å². The van der Waals surface area contributed by atoms with Gasteiger partial charge in [-0.25, -0.2) is 8.78 Å². The molecule has 0 atom stereocenters. The molecule has 13 rings (SSSR count). The summed E-state index contributed by atoms with van der Waals surface area (Å²) in [6.45, 7) is 0. The number of fused-ring (bicyclic) bond motifs is 2. The summed E-state index contributed by atoms with van der Waals surface area (Å²) in [4.78, 5) is 11.2. The molecular weight excluding hydrogens is 997 g/mol. The van der Waals surface area contributed by atoms with Crippen LogP contribution in [0.2, 0.25) is 0 Å². The molecule has 0 unspecified atom stereocenters. The zero-order valence-electron chi connectivity index (χ0n) is 44.1. The Morgan fingerprint density at radius 3 is 0.630 bits per heavy atom. The molecule has 13 aromatic rings. The van der Waals surface area contributed by atoms with Crippen LogP contribution in [-0.4, -0.2) is 0 Å². The molecule has 0 N–H and O–H groups in total. The van der Waals surface area contributed by atoms with Crippen molar-refractivity contribution in [1.29, 1.82) is 0 Å². The smallest absolute Gasteiger partial charge is 0.123 e. The summed E-state index contributed by atoms with van der Waals surface area (Å²) in [7, 11) is 0. The lowest BCUT2D eigenvalue weighted by molar-refractivity contribution is 0.627. The minimum absolute atomic E-state index is 0.280. The van der Waals surface area contributed by atoms with Crippen LogP contribution >= 0.6 is 0 Å². The Hall–Kier alpha value is -10.8. The lowest BCUT2D eigenvalue weighted by atomic mass is 10.1. The zero-order chi connectivity index (χ0) is 54.5. The van der Waals surface area contributed by atoms with Crippen LogP contribution in [0.5, 0.6) is 0 Å². The number of hydrogen-bond acceptors (Lipinski definition) is 5. The summed E-state index contributed by atoms with van der Waals surface area (Å²) in [5.74, 6) is -0.560. The van der Waals surface area contributed by atoms with Crippen molar-refractivity contribution in [3.8, 4) is 0 Å². The van der Waals surface area contributed by atoms with Crippen LogP contribution in [0.15, 0.2) is 322 Å². The fourth-order valence-electron chi connectivity index (χ4n) is 10.9. The van der Waals surface area contributed by atoms with Gasteiger partial charge in [0.15, 0.2) is 0 Å². The van der Waals surface area contributed by atoms with Crippen molar-refractivity contribution in [2.75, 3.05) is 24.5 Å². The van der Waals surface area contributed by atoms with Crippen LogP contribution in [0.3, 0.4) is 0 Å². The summed E-state index contributed by atoms with van der Waals surface area (Å²) in [6.07, 6.45) is 0. The summed E-state index contributed by atoms with van der Waals surface area (Å²) in [6, 6.07) is 109. The SMILES string of the molecule is Fc1ccc(N(c2ccc(N(c3ccccc3)c3ccc(N(c4ccccc4)c4ccc(N(c5ccccc5)c5ccc(N(c6ccc(F)cc6)c6cccc7ccccc67)cc5)cc4)cc3)cc2)c2cccc3ccccc23)cc1. The van der Waals surface area contributed by atoms with Gasteiger partial charge in [-0.1, -0.05) is 127 Å². The minimum Gasteiger partial charge on any atom is -0.311 e. The number of rotatable bonds is 15. The fraction of sp³-hybridized carbons (Fsp3) is 0. The summed E-state index contributed by atoms with van der Waals surface area (Å²) < 4.78 is 28.7. The van der Waals surface area contributed by atoms with Gasteiger partial charge in [0, 0.05) is 84.7 Å². The Morgan fingerprint density at radius 1 is 0.160 bits per heavy atom. The molecule has 0 heterocycles. The van der Waals surface area contributed by atoms with Crippen LogP contribution < -0.4 is 24.5 Å². The fourth-order valence-corrected chi connectivity index (χ4v) is 10.9. The normalized spacial score (nSPS) is 11.1. The second kappa shape index (κ2) is 22.3. The summed E-state index contributed by atoms with van der Waals surface area (Å²) in [5, 5.41) is 4.45. The van der Waals surface area contributed by atoms with Crippen molar-refractivity contribution in [2.24, 2.45) is 0 Å². The third kappa shape index (κ3) is 10.2. The molecule has 0 aliphatic carbocycles. The zero-order valence-corrected chi connectivity index (χ0v) is 44.1. The predicted octanol–water partition coefficient (Wildman–Crippen LogP) is 21.6. The number of benzene rings is 13. The second-order valence-electron chi connectivity index (χ2n) is 19.7. The van der Waals surface area contributed by atoms with E-state index in [2.05, 4.69) is 267 Å². The molecule has 0 fully saturated rings. The number of para-hydroxylation sites is 3. The highest BCUT2D eigenvalue weighted by atomic mass is 19.1. The maximum Gasteiger partial charge on any atom is 0.123 e. The monoisotopic (exact) mass is 1050 g/mol. The molecule has 388 valence electrons. The second-order valence-corrected chi connectivity index (χ2v) is 19.7. The van der Waals surface area contributed by atoms with Gasteiger partial charge >= 0.3 is 0 Å². The van der Waals surface area contributed by atoms with E-state index in [1.165, 1.54) is 24.3 Å². The molecule has 0 aliphatic rings. The Morgan fingerprint density at radius 2 is 0.358 bits per heavy atom. The van der Waals surface area contributed by atoms with Crippen molar-refractivity contribution in [3.05, 3.63) is 333 Å². The highest BCUT2D eigenvalue weighted by Crippen LogP contribution is 2.45. The van der Waals surface area contributed by atoms with E-state index in [0.29, 0.717) is 0 Å². The predicted molar refractivity (Wildman–Crippen MR) is 335 cm³/mol. The maximum atomic E-state index is 14.4. The molecule has 0 aromatic heterocycles. The first-order valence-electron chi connectivity index (χ1n) is 27.0. The van der Waals surface area contributed by atoms with E-state index < -0.39 is 0 Å². The molecule has 0 saturated heterocycles. The molecule has 0 aliphatic heterocycles. The molecule has 0 saturated carbocycles. The van der Waals surface area contributed by atoms with E-state index in [4.69, 9.17) is 0 Å². The molecule has 7 heteroatoms. The first-order chi connectivity index (χ1) is 40.0. The molecule has 0 spiro atoms. The molecule has 13 aromatic carbocycles. The molecule has 81 heavy (non-hydrogen) atoms. The number of halogens is 2. The quantitative estimate of drug-likeness (QED) is 0.101. The van der Waals surface area contributed by atoms with Gasteiger partial charge in [0.05, 0.1) is 11.4 Å². The first kappa shape index (κ1) is 49.8. The lowest BCUT2D eigenvalue weighted by Crippen LogP contribution is -2.14. The average molecular weight is 1050 g/mol. The third-order valence-corrected chi connectivity index (χ3v) is 14.7. The average Bonchev–Trinajstić information content (AvgIpc) is 3.59. The van der Waals surface area contributed by atoms with Crippen LogP contribution in [0.1, 0.15) is 0 Å².